The van der Waals surface area contributed by atoms with E-state index >= 15 is 0 Å². The quantitative estimate of drug-likeness (QED) is 0.263. The molecular weight excluding hydrogens is 450 g/mol. The molecule has 0 saturated heterocycles. The van der Waals surface area contributed by atoms with Gasteiger partial charge in [-0.3, -0.25) is 9.89 Å². The van der Waals surface area contributed by atoms with Gasteiger partial charge < -0.3 is 14.5 Å². The van der Waals surface area contributed by atoms with Crippen molar-refractivity contribution in [2.45, 2.75) is 26.2 Å². The Morgan fingerprint density at radius 1 is 0.917 bits per heavy atom. The van der Waals surface area contributed by atoms with Crippen LogP contribution in [0.4, 0.5) is 5.69 Å². The third-order valence-corrected chi connectivity index (χ3v) is 5.69. The van der Waals surface area contributed by atoms with Gasteiger partial charge in [-0.25, -0.2) is 0 Å². The number of nitrogens with one attached hydrogen (secondary N) is 2. The standard InChI is InChI=1S/C30H27N3O3/c1-30(2,3)28-17-16-27(36-28)29(34)31-21-10-7-11-22(18-21)35-23-13-14-24-25(32-33-26(24)19-23)15-12-20-8-5-4-6-9-20/h4-19H,1-3H3,(H,31,34)(H,32,33)/b15-12+. The van der Waals surface area contributed by atoms with E-state index in [1.807, 2.05) is 106 Å². The highest BCUT2D eigenvalue weighted by Gasteiger charge is 2.20. The summed E-state index contributed by atoms with van der Waals surface area (Å²) in [4.78, 5) is 12.7. The number of anilines is 1. The zero-order valence-electron chi connectivity index (χ0n) is 20.4. The van der Waals surface area contributed by atoms with Gasteiger partial charge in [-0.1, -0.05) is 63.2 Å². The second-order valence-corrected chi connectivity index (χ2v) is 9.56. The number of rotatable bonds is 6. The summed E-state index contributed by atoms with van der Waals surface area (Å²) in [5.41, 5.74) is 3.29. The van der Waals surface area contributed by atoms with Gasteiger partial charge in [-0.15, -0.1) is 0 Å². The molecule has 0 aliphatic carbocycles. The maximum absolute atomic E-state index is 12.7. The zero-order chi connectivity index (χ0) is 25.1. The highest BCUT2D eigenvalue weighted by molar-refractivity contribution is 6.02. The Balaban J connectivity index is 1.28. The number of furan rings is 1. The largest absolute Gasteiger partial charge is 0.457 e. The van der Waals surface area contributed by atoms with Crippen molar-refractivity contribution in [2.24, 2.45) is 0 Å². The Hall–Kier alpha value is -4.58. The fourth-order valence-electron chi connectivity index (χ4n) is 3.78. The van der Waals surface area contributed by atoms with Crippen molar-refractivity contribution in [3.05, 3.63) is 108 Å². The summed E-state index contributed by atoms with van der Waals surface area (Å²) in [6, 6.07) is 26.7. The van der Waals surface area contributed by atoms with Crippen LogP contribution < -0.4 is 10.1 Å². The first-order valence-corrected chi connectivity index (χ1v) is 11.8. The number of hydrogen-bond acceptors (Lipinski definition) is 4. The summed E-state index contributed by atoms with van der Waals surface area (Å²) in [7, 11) is 0. The first-order chi connectivity index (χ1) is 17.3. The summed E-state index contributed by atoms with van der Waals surface area (Å²) in [6.07, 6.45) is 4.02. The van der Waals surface area contributed by atoms with E-state index in [-0.39, 0.29) is 17.1 Å². The van der Waals surface area contributed by atoms with Crippen molar-refractivity contribution in [3.63, 3.8) is 0 Å². The fraction of sp³-hybridized carbons (Fsp3) is 0.133. The molecule has 180 valence electrons. The van der Waals surface area contributed by atoms with Gasteiger partial charge in [-0.2, -0.15) is 5.10 Å². The van der Waals surface area contributed by atoms with E-state index in [0.717, 1.165) is 27.9 Å². The van der Waals surface area contributed by atoms with Gasteiger partial charge in [0, 0.05) is 28.6 Å². The second-order valence-electron chi connectivity index (χ2n) is 9.56. The Bertz CT molecular complexity index is 1540. The SMILES string of the molecule is CC(C)(C)c1ccc(C(=O)Nc2cccc(Oc3ccc4c(/C=C/c5ccccc5)n[nH]c4c3)c2)o1. The zero-order valence-corrected chi connectivity index (χ0v) is 20.4. The number of fused-ring (bicyclic) bond motifs is 1. The molecule has 0 radical (unpaired) electrons. The highest BCUT2D eigenvalue weighted by Crippen LogP contribution is 2.29. The van der Waals surface area contributed by atoms with Gasteiger partial charge >= 0.3 is 0 Å². The molecule has 0 bridgehead atoms. The van der Waals surface area contributed by atoms with Crippen molar-refractivity contribution >= 4 is 34.6 Å². The lowest BCUT2D eigenvalue weighted by Gasteiger charge is -2.14. The van der Waals surface area contributed by atoms with Crippen LogP contribution >= 0.6 is 0 Å². The van der Waals surface area contributed by atoms with Gasteiger partial charge in [0.1, 0.15) is 17.3 Å². The molecule has 0 spiro atoms. The molecule has 0 saturated carbocycles. The molecule has 0 fully saturated rings. The maximum Gasteiger partial charge on any atom is 0.291 e. The third kappa shape index (κ3) is 5.23. The summed E-state index contributed by atoms with van der Waals surface area (Å²) in [6.45, 7) is 6.12. The number of amides is 1. The number of hydrogen-bond donors (Lipinski definition) is 2. The number of aromatic nitrogens is 2. The average molecular weight is 478 g/mol. The number of carbonyl (C=O) groups excluding carboxylic acids is 1. The predicted molar refractivity (Wildman–Crippen MR) is 143 cm³/mol. The Morgan fingerprint density at radius 2 is 1.72 bits per heavy atom. The number of carbonyl (C=O) groups is 1. The molecule has 3 aromatic carbocycles. The molecule has 0 atom stereocenters. The Kier molecular flexibility index (Phi) is 6.17. The van der Waals surface area contributed by atoms with E-state index in [4.69, 9.17) is 9.15 Å². The Labute approximate surface area is 209 Å². The minimum atomic E-state index is -0.308. The van der Waals surface area contributed by atoms with E-state index < -0.39 is 0 Å². The normalized spacial score (nSPS) is 11.8. The van der Waals surface area contributed by atoms with Crippen molar-refractivity contribution in [2.75, 3.05) is 5.32 Å². The predicted octanol–water partition coefficient (Wildman–Crippen LogP) is 7.67. The first-order valence-electron chi connectivity index (χ1n) is 11.8. The van der Waals surface area contributed by atoms with E-state index in [2.05, 4.69) is 15.5 Å². The monoisotopic (exact) mass is 477 g/mol. The lowest BCUT2D eigenvalue weighted by atomic mass is 9.94. The van der Waals surface area contributed by atoms with Crippen molar-refractivity contribution in [1.82, 2.24) is 10.2 Å². The molecule has 0 aliphatic rings. The van der Waals surface area contributed by atoms with Crippen LogP contribution in [0.5, 0.6) is 11.5 Å². The molecule has 5 rings (SSSR count). The number of ether oxygens (including phenoxy) is 1. The number of H-pyrrole nitrogens is 1. The molecule has 1 amide bonds. The van der Waals surface area contributed by atoms with Crippen LogP contribution in [0.3, 0.4) is 0 Å². The number of nitrogens with zero attached hydrogens (tertiary/aromatic N) is 1. The number of benzene rings is 3. The summed E-state index contributed by atoms with van der Waals surface area (Å²) in [5, 5.41) is 11.4. The van der Waals surface area contributed by atoms with Gasteiger partial charge in [0.15, 0.2) is 5.76 Å². The Morgan fingerprint density at radius 3 is 2.50 bits per heavy atom. The van der Waals surface area contributed by atoms with Crippen molar-refractivity contribution in [3.8, 4) is 11.5 Å². The average Bonchev–Trinajstić information content (AvgIpc) is 3.51. The highest BCUT2D eigenvalue weighted by atomic mass is 16.5. The van der Waals surface area contributed by atoms with Crippen molar-refractivity contribution < 1.29 is 13.9 Å². The smallest absolute Gasteiger partial charge is 0.291 e. The topological polar surface area (TPSA) is 80.1 Å². The molecule has 36 heavy (non-hydrogen) atoms. The molecule has 2 N–H and O–H groups in total. The van der Waals surface area contributed by atoms with E-state index in [0.29, 0.717) is 17.2 Å². The lowest BCUT2D eigenvalue weighted by Crippen LogP contribution is -2.12. The number of aromatic amines is 1. The molecule has 2 aromatic heterocycles. The van der Waals surface area contributed by atoms with E-state index in [1.54, 1.807) is 12.1 Å². The second kappa shape index (κ2) is 9.58. The molecule has 0 unspecified atom stereocenters. The molecule has 6 heteroatoms. The van der Waals surface area contributed by atoms with Crippen LogP contribution in [0.1, 0.15) is 48.3 Å². The van der Waals surface area contributed by atoms with Crippen LogP contribution in [0.25, 0.3) is 23.1 Å². The molecule has 2 heterocycles. The summed E-state index contributed by atoms with van der Waals surface area (Å²) in [5.74, 6) is 1.99. The summed E-state index contributed by atoms with van der Waals surface area (Å²) < 4.78 is 11.8. The van der Waals surface area contributed by atoms with Crippen molar-refractivity contribution in [1.29, 1.82) is 0 Å². The molecule has 6 nitrogen and oxygen atoms in total. The van der Waals surface area contributed by atoms with Gasteiger partial charge in [-0.05, 0) is 48.0 Å². The van der Waals surface area contributed by atoms with Gasteiger partial charge in [0.25, 0.3) is 5.91 Å². The van der Waals surface area contributed by atoms with Crippen LogP contribution in [-0.4, -0.2) is 16.1 Å². The minimum absolute atomic E-state index is 0.166. The molecule has 0 aliphatic heterocycles. The van der Waals surface area contributed by atoms with E-state index in [9.17, 15) is 4.79 Å². The maximum atomic E-state index is 12.7. The van der Waals surface area contributed by atoms with Gasteiger partial charge in [0.2, 0.25) is 0 Å². The minimum Gasteiger partial charge on any atom is -0.457 e. The first kappa shape index (κ1) is 23.2. The molecular formula is C30H27N3O3. The van der Waals surface area contributed by atoms with Crippen LogP contribution in [0, 0.1) is 0 Å². The summed E-state index contributed by atoms with van der Waals surface area (Å²) >= 11 is 0. The van der Waals surface area contributed by atoms with Crippen LogP contribution in [0.2, 0.25) is 0 Å². The fourth-order valence-corrected chi connectivity index (χ4v) is 3.78. The lowest BCUT2D eigenvalue weighted by molar-refractivity contribution is 0.0993. The van der Waals surface area contributed by atoms with Crippen LogP contribution in [-0.2, 0) is 5.41 Å². The molecule has 5 aromatic rings. The van der Waals surface area contributed by atoms with Gasteiger partial charge in [0.05, 0.1) is 11.2 Å². The third-order valence-electron chi connectivity index (χ3n) is 5.69. The van der Waals surface area contributed by atoms with E-state index in [1.165, 1.54) is 0 Å². The van der Waals surface area contributed by atoms with Crippen LogP contribution in [0.15, 0.2) is 89.3 Å².